The summed E-state index contributed by atoms with van der Waals surface area (Å²) in [5, 5.41) is 11.9. The molecule has 6 heteroatoms. The molecule has 2 heterocycles. The van der Waals surface area contributed by atoms with Gasteiger partial charge in [0, 0.05) is 35.8 Å². The lowest BCUT2D eigenvalue weighted by molar-refractivity contribution is -0.136. The van der Waals surface area contributed by atoms with Crippen molar-refractivity contribution >= 4 is 11.8 Å². The van der Waals surface area contributed by atoms with Crippen LogP contribution in [0.4, 0.5) is 5.82 Å². The molecule has 0 unspecified atom stereocenters. The molecule has 0 spiro atoms. The number of hydrogen-bond acceptors (Lipinski definition) is 5. The average molecular weight is 298 g/mol. The summed E-state index contributed by atoms with van der Waals surface area (Å²) in [6, 6.07) is 3.79. The SMILES string of the molecule is O=C(O)CCNc1nc(-c2cccnc2)nc2c1CCCC2. The maximum Gasteiger partial charge on any atom is 0.305 e. The van der Waals surface area contributed by atoms with E-state index < -0.39 is 5.97 Å². The summed E-state index contributed by atoms with van der Waals surface area (Å²) >= 11 is 0. The number of aliphatic carboxylic acids is 1. The molecule has 114 valence electrons. The van der Waals surface area contributed by atoms with Crippen molar-refractivity contribution in [3.05, 3.63) is 35.8 Å². The van der Waals surface area contributed by atoms with E-state index in [0.29, 0.717) is 12.4 Å². The van der Waals surface area contributed by atoms with E-state index in [-0.39, 0.29) is 6.42 Å². The fraction of sp³-hybridized carbons (Fsp3) is 0.375. The first-order valence-corrected chi connectivity index (χ1v) is 7.50. The lowest BCUT2D eigenvalue weighted by Gasteiger charge is -2.19. The first-order chi connectivity index (χ1) is 10.7. The predicted octanol–water partition coefficient (Wildman–Crippen LogP) is 2.30. The van der Waals surface area contributed by atoms with Crippen molar-refractivity contribution in [2.75, 3.05) is 11.9 Å². The van der Waals surface area contributed by atoms with Crippen LogP contribution in [-0.4, -0.2) is 32.6 Å². The van der Waals surface area contributed by atoms with Crippen LogP contribution in [0.15, 0.2) is 24.5 Å². The predicted molar refractivity (Wildman–Crippen MR) is 82.6 cm³/mol. The van der Waals surface area contributed by atoms with Crippen LogP contribution in [0.1, 0.15) is 30.5 Å². The summed E-state index contributed by atoms with van der Waals surface area (Å²) in [7, 11) is 0. The Balaban J connectivity index is 1.94. The fourth-order valence-corrected chi connectivity index (χ4v) is 2.65. The molecular weight excluding hydrogens is 280 g/mol. The third-order valence-electron chi connectivity index (χ3n) is 3.73. The third kappa shape index (κ3) is 3.21. The van der Waals surface area contributed by atoms with Gasteiger partial charge in [-0.3, -0.25) is 9.78 Å². The van der Waals surface area contributed by atoms with Gasteiger partial charge in [0.2, 0.25) is 0 Å². The number of nitrogens with one attached hydrogen (secondary N) is 1. The number of aromatic nitrogens is 3. The van der Waals surface area contributed by atoms with Crippen molar-refractivity contribution in [2.45, 2.75) is 32.1 Å². The molecule has 0 amide bonds. The van der Waals surface area contributed by atoms with E-state index in [4.69, 9.17) is 5.11 Å². The Hall–Kier alpha value is -2.50. The summed E-state index contributed by atoms with van der Waals surface area (Å²) in [6.07, 6.45) is 7.67. The number of carboxylic acid groups (broad SMARTS) is 1. The van der Waals surface area contributed by atoms with Crippen LogP contribution in [0.25, 0.3) is 11.4 Å². The highest BCUT2D eigenvalue weighted by Gasteiger charge is 2.18. The van der Waals surface area contributed by atoms with Gasteiger partial charge >= 0.3 is 5.97 Å². The van der Waals surface area contributed by atoms with E-state index in [1.165, 1.54) is 0 Å². The highest BCUT2D eigenvalue weighted by atomic mass is 16.4. The van der Waals surface area contributed by atoms with E-state index in [1.54, 1.807) is 12.4 Å². The van der Waals surface area contributed by atoms with Crippen molar-refractivity contribution < 1.29 is 9.90 Å². The summed E-state index contributed by atoms with van der Waals surface area (Å²) in [5.41, 5.74) is 3.07. The highest BCUT2D eigenvalue weighted by Crippen LogP contribution is 2.28. The summed E-state index contributed by atoms with van der Waals surface area (Å²) in [6.45, 7) is 0.366. The Morgan fingerprint density at radius 3 is 2.91 bits per heavy atom. The molecule has 0 fully saturated rings. The Morgan fingerprint density at radius 1 is 1.27 bits per heavy atom. The number of pyridine rings is 1. The van der Waals surface area contributed by atoms with Gasteiger partial charge < -0.3 is 10.4 Å². The highest BCUT2D eigenvalue weighted by molar-refractivity contribution is 5.67. The van der Waals surface area contributed by atoms with Gasteiger partial charge in [0.15, 0.2) is 5.82 Å². The maximum absolute atomic E-state index is 10.7. The molecule has 6 nitrogen and oxygen atoms in total. The Bertz CT molecular complexity index is 673. The van der Waals surface area contributed by atoms with E-state index in [0.717, 1.165) is 48.3 Å². The average Bonchev–Trinajstić information content (AvgIpc) is 2.55. The standard InChI is InChI=1S/C16H18N4O2/c21-14(22)7-9-18-16-12-5-1-2-6-13(12)19-15(20-16)11-4-3-8-17-10-11/h3-4,8,10H,1-2,5-7,9H2,(H,21,22)(H,18,19,20). The Kier molecular flexibility index (Phi) is 4.27. The molecule has 2 N–H and O–H groups in total. The van der Waals surface area contributed by atoms with Crippen LogP contribution in [0, 0.1) is 0 Å². The number of carbonyl (C=O) groups is 1. The molecule has 22 heavy (non-hydrogen) atoms. The van der Waals surface area contributed by atoms with E-state index in [9.17, 15) is 4.79 Å². The second-order valence-electron chi connectivity index (χ2n) is 5.34. The molecule has 3 rings (SSSR count). The number of rotatable bonds is 5. The van der Waals surface area contributed by atoms with Crippen molar-refractivity contribution in [1.82, 2.24) is 15.0 Å². The Morgan fingerprint density at radius 2 is 2.14 bits per heavy atom. The van der Waals surface area contributed by atoms with Crippen LogP contribution < -0.4 is 5.32 Å². The largest absolute Gasteiger partial charge is 0.481 e. The summed E-state index contributed by atoms with van der Waals surface area (Å²) in [5.74, 6) is 0.597. The second-order valence-corrected chi connectivity index (χ2v) is 5.34. The summed E-state index contributed by atoms with van der Waals surface area (Å²) < 4.78 is 0. The zero-order chi connectivity index (χ0) is 15.4. The molecule has 0 saturated heterocycles. The number of hydrogen-bond donors (Lipinski definition) is 2. The monoisotopic (exact) mass is 298 g/mol. The molecule has 0 bridgehead atoms. The van der Waals surface area contributed by atoms with Crippen molar-refractivity contribution in [2.24, 2.45) is 0 Å². The van der Waals surface area contributed by atoms with E-state index in [1.807, 2.05) is 12.1 Å². The zero-order valence-electron chi connectivity index (χ0n) is 12.2. The zero-order valence-corrected chi connectivity index (χ0v) is 12.2. The minimum absolute atomic E-state index is 0.0704. The molecule has 2 aromatic rings. The van der Waals surface area contributed by atoms with Crippen molar-refractivity contribution in [3.63, 3.8) is 0 Å². The van der Waals surface area contributed by atoms with Gasteiger partial charge in [-0.2, -0.15) is 0 Å². The van der Waals surface area contributed by atoms with Crippen LogP contribution in [0.3, 0.4) is 0 Å². The second kappa shape index (κ2) is 6.51. The normalized spacial score (nSPS) is 13.5. The first kappa shape index (κ1) is 14.4. The quantitative estimate of drug-likeness (QED) is 0.880. The molecule has 1 aliphatic carbocycles. The van der Waals surface area contributed by atoms with Crippen molar-refractivity contribution in [3.8, 4) is 11.4 Å². The van der Waals surface area contributed by atoms with Crippen LogP contribution in [-0.2, 0) is 17.6 Å². The lowest BCUT2D eigenvalue weighted by atomic mass is 9.96. The van der Waals surface area contributed by atoms with Crippen LogP contribution in [0.2, 0.25) is 0 Å². The number of nitrogens with zero attached hydrogens (tertiary/aromatic N) is 3. The third-order valence-corrected chi connectivity index (χ3v) is 3.73. The molecular formula is C16H18N4O2. The summed E-state index contributed by atoms with van der Waals surface area (Å²) in [4.78, 5) is 24.1. The number of aryl methyl sites for hydroxylation is 1. The maximum atomic E-state index is 10.7. The van der Waals surface area contributed by atoms with Gasteiger partial charge in [0.1, 0.15) is 5.82 Å². The van der Waals surface area contributed by atoms with E-state index >= 15 is 0 Å². The molecule has 2 aromatic heterocycles. The number of fused-ring (bicyclic) bond motifs is 1. The minimum atomic E-state index is -0.817. The first-order valence-electron chi connectivity index (χ1n) is 7.50. The van der Waals surface area contributed by atoms with Crippen LogP contribution in [0.5, 0.6) is 0 Å². The van der Waals surface area contributed by atoms with Crippen molar-refractivity contribution in [1.29, 1.82) is 0 Å². The van der Waals surface area contributed by atoms with Gasteiger partial charge in [0.05, 0.1) is 6.42 Å². The van der Waals surface area contributed by atoms with Gasteiger partial charge in [-0.25, -0.2) is 9.97 Å². The van der Waals surface area contributed by atoms with E-state index in [2.05, 4.69) is 20.3 Å². The molecule has 0 atom stereocenters. The number of carboxylic acids is 1. The molecule has 0 saturated carbocycles. The van der Waals surface area contributed by atoms with Gasteiger partial charge in [0.25, 0.3) is 0 Å². The lowest BCUT2D eigenvalue weighted by Crippen LogP contribution is -2.15. The van der Waals surface area contributed by atoms with Gasteiger partial charge in [-0.1, -0.05) is 0 Å². The van der Waals surface area contributed by atoms with Gasteiger partial charge in [-0.05, 0) is 37.8 Å². The fourth-order valence-electron chi connectivity index (χ4n) is 2.65. The smallest absolute Gasteiger partial charge is 0.305 e. The molecule has 0 radical (unpaired) electrons. The van der Waals surface area contributed by atoms with Gasteiger partial charge in [-0.15, -0.1) is 0 Å². The minimum Gasteiger partial charge on any atom is -0.481 e. The Labute approximate surface area is 128 Å². The topological polar surface area (TPSA) is 88.0 Å². The molecule has 0 aromatic carbocycles. The van der Waals surface area contributed by atoms with Crippen LogP contribution >= 0.6 is 0 Å². The molecule has 0 aliphatic heterocycles. The molecule has 1 aliphatic rings. The number of anilines is 1.